The van der Waals surface area contributed by atoms with Crippen LogP contribution in [0.3, 0.4) is 0 Å². The summed E-state index contributed by atoms with van der Waals surface area (Å²) in [5, 5.41) is 2.67. The number of ether oxygens (including phenoxy) is 1. The van der Waals surface area contributed by atoms with Gasteiger partial charge >= 0.3 is 12.0 Å². The molecule has 0 radical (unpaired) electrons. The van der Waals surface area contributed by atoms with Crippen LogP contribution in [-0.2, 0) is 16.0 Å². The Morgan fingerprint density at radius 3 is 2.75 bits per heavy atom. The summed E-state index contributed by atoms with van der Waals surface area (Å²) in [6, 6.07) is 0.974. The van der Waals surface area contributed by atoms with E-state index in [2.05, 4.69) is 15.3 Å². The van der Waals surface area contributed by atoms with Gasteiger partial charge in [0.2, 0.25) is 0 Å². The predicted molar refractivity (Wildman–Crippen MR) is 96.4 cm³/mol. The number of rotatable bonds is 4. The molecule has 150 valence electrons. The molecular weight excluding hydrogens is 370 g/mol. The van der Waals surface area contributed by atoms with Crippen molar-refractivity contribution >= 4 is 12.0 Å². The van der Waals surface area contributed by atoms with Crippen molar-refractivity contribution in [3.63, 3.8) is 0 Å². The van der Waals surface area contributed by atoms with Crippen LogP contribution in [0.2, 0.25) is 0 Å². The van der Waals surface area contributed by atoms with Crippen molar-refractivity contribution in [2.45, 2.75) is 32.4 Å². The Bertz CT molecular complexity index is 884. The molecule has 9 heteroatoms. The molecule has 0 bridgehead atoms. The third-order valence-corrected chi connectivity index (χ3v) is 4.84. The molecule has 0 fully saturated rings. The number of urea groups is 1. The molecule has 0 saturated heterocycles. The number of halogens is 2. The number of methoxy groups -OCH3 is 1. The Balaban J connectivity index is 1.96. The zero-order valence-electron chi connectivity index (χ0n) is 15.8. The van der Waals surface area contributed by atoms with Crippen molar-refractivity contribution in [2.24, 2.45) is 5.92 Å². The van der Waals surface area contributed by atoms with E-state index in [1.54, 1.807) is 13.8 Å². The summed E-state index contributed by atoms with van der Waals surface area (Å²) in [5.74, 6) is -2.25. The standard InChI is InChI=1S/C19H22F2N4O3/c1-10(2)15(18(26)28-3)24-19(27)25-7-6-14-16(23-9-22-14)17(25)12-5-4-11(20)8-13(12)21/h4-5,8-10,15,17H,6-7H2,1-3H3,(H,22,23)(H,24,27)/t15-,17?/m1/s1. The van der Waals surface area contributed by atoms with Crippen molar-refractivity contribution in [1.29, 1.82) is 0 Å². The number of aromatic nitrogens is 2. The maximum absolute atomic E-state index is 14.5. The summed E-state index contributed by atoms with van der Waals surface area (Å²) in [5.41, 5.74) is 1.40. The molecule has 1 aromatic heterocycles. The van der Waals surface area contributed by atoms with Gasteiger partial charge in [-0.1, -0.05) is 19.9 Å². The molecule has 1 unspecified atom stereocenters. The second-order valence-corrected chi connectivity index (χ2v) is 6.97. The molecule has 3 rings (SSSR count). The van der Waals surface area contributed by atoms with Crippen LogP contribution in [0.5, 0.6) is 0 Å². The van der Waals surface area contributed by atoms with Crippen LogP contribution in [0.4, 0.5) is 13.6 Å². The maximum atomic E-state index is 14.5. The van der Waals surface area contributed by atoms with Crippen LogP contribution >= 0.6 is 0 Å². The van der Waals surface area contributed by atoms with Gasteiger partial charge in [0, 0.05) is 30.3 Å². The molecule has 0 spiro atoms. The largest absolute Gasteiger partial charge is 0.467 e. The Morgan fingerprint density at radius 1 is 1.36 bits per heavy atom. The normalized spacial score (nSPS) is 17.2. The summed E-state index contributed by atoms with van der Waals surface area (Å²) in [6.07, 6.45) is 1.97. The lowest BCUT2D eigenvalue weighted by molar-refractivity contribution is -0.144. The van der Waals surface area contributed by atoms with E-state index >= 15 is 0 Å². The highest BCUT2D eigenvalue weighted by Crippen LogP contribution is 2.35. The fourth-order valence-corrected chi connectivity index (χ4v) is 3.37. The Morgan fingerprint density at radius 2 is 2.11 bits per heavy atom. The van der Waals surface area contributed by atoms with E-state index in [1.165, 1.54) is 24.4 Å². The lowest BCUT2D eigenvalue weighted by Crippen LogP contribution is -2.53. The molecule has 1 aliphatic heterocycles. The summed E-state index contributed by atoms with van der Waals surface area (Å²) >= 11 is 0. The number of aromatic amines is 1. The predicted octanol–water partition coefficient (Wildman–Crippen LogP) is 2.54. The number of benzene rings is 1. The number of hydrogen-bond acceptors (Lipinski definition) is 4. The van der Waals surface area contributed by atoms with Crippen LogP contribution < -0.4 is 5.32 Å². The Hall–Kier alpha value is -2.97. The third kappa shape index (κ3) is 3.69. The second kappa shape index (κ2) is 7.95. The molecule has 2 N–H and O–H groups in total. The zero-order valence-corrected chi connectivity index (χ0v) is 15.8. The van der Waals surface area contributed by atoms with Gasteiger partial charge in [0.25, 0.3) is 0 Å². The van der Waals surface area contributed by atoms with Crippen molar-refractivity contribution in [2.75, 3.05) is 13.7 Å². The number of hydrogen-bond donors (Lipinski definition) is 2. The minimum Gasteiger partial charge on any atom is -0.467 e. The molecule has 2 aromatic rings. The monoisotopic (exact) mass is 392 g/mol. The summed E-state index contributed by atoms with van der Waals surface area (Å²) < 4.78 is 32.7. The average Bonchev–Trinajstić information content (AvgIpc) is 3.13. The maximum Gasteiger partial charge on any atom is 0.328 e. The fraction of sp³-hybridized carbons (Fsp3) is 0.421. The summed E-state index contributed by atoms with van der Waals surface area (Å²) in [7, 11) is 1.25. The second-order valence-electron chi connectivity index (χ2n) is 6.97. The lowest BCUT2D eigenvalue weighted by Gasteiger charge is -2.36. The van der Waals surface area contributed by atoms with Crippen molar-refractivity contribution in [1.82, 2.24) is 20.2 Å². The SMILES string of the molecule is COC(=O)[C@H](NC(=O)N1CCc2[nH]cnc2C1c1ccc(F)cc1F)C(C)C. The number of fused-ring (bicyclic) bond motifs is 1. The van der Waals surface area contributed by atoms with E-state index in [-0.39, 0.29) is 18.0 Å². The molecule has 2 atom stereocenters. The molecule has 1 aliphatic rings. The average molecular weight is 392 g/mol. The van der Waals surface area contributed by atoms with Gasteiger partial charge in [-0.25, -0.2) is 23.4 Å². The molecular formula is C19H22F2N4O3. The third-order valence-electron chi connectivity index (χ3n) is 4.84. The first-order valence-electron chi connectivity index (χ1n) is 8.95. The summed E-state index contributed by atoms with van der Waals surface area (Å²) in [4.78, 5) is 33.6. The number of carbonyl (C=O) groups is 2. The highest BCUT2D eigenvalue weighted by Gasteiger charge is 2.37. The quantitative estimate of drug-likeness (QED) is 0.783. The van der Waals surface area contributed by atoms with Crippen molar-refractivity contribution < 1.29 is 23.1 Å². The molecule has 2 amide bonds. The van der Waals surface area contributed by atoms with Crippen molar-refractivity contribution in [3.8, 4) is 0 Å². The van der Waals surface area contributed by atoms with Gasteiger partial charge in [0.1, 0.15) is 23.7 Å². The van der Waals surface area contributed by atoms with Crippen molar-refractivity contribution in [3.05, 3.63) is 53.1 Å². The highest BCUT2D eigenvalue weighted by atomic mass is 19.1. The van der Waals surface area contributed by atoms with E-state index in [0.29, 0.717) is 12.1 Å². The van der Waals surface area contributed by atoms with E-state index < -0.39 is 35.7 Å². The Labute approximate surface area is 161 Å². The number of esters is 1. The minimum absolute atomic E-state index is 0.128. The first-order chi connectivity index (χ1) is 13.3. The highest BCUT2D eigenvalue weighted by molar-refractivity contribution is 5.84. The minimum atomic E-state index is -0.850. The van der Waals surface area contributed by atoms with Gasteiger partial charge in [-0.05, 0) is 12.0 Å². The molecule has 0 aliphatic carbocycles. The topological polar surface area (TPSA) is 87.3 Å². The number of carbonyl (C=O) groups excluding carboxylic acids is 2. The fourth-order valence-electron chi connectivity index (χ4n) is 3.37. The van der Waals surface area contributed by atoms with Crippen LogP contribution in [0, 0.1) is 17.6 Å². The molecule has 0 saturated carbocycles. The van der Waals surface area contributed by atoms with Gasteiger partial charge in [-0.15, -0.1) is 0 Å². The Kier molecular flexibility index (Phi) is 5.62. The molecule has 7 nitrogen and oxygen atoms in total. The van der Waals surface area contributed by atoms with E-state index in [0.717, 1.165) is 17.8 Å². The first-order valence-corrected chi connectivity index (χ1v) is 8.95. The lowest BCUT2D eigenvalue weighted by atomic mass is 9.95. The van der Waals surface area contributed by atoms with Gasteiger partial charge in [0.15, 0.2) is 0 Å². The molecule has 2 heterocycles. The van der Waals surface area contributed by atoms with Crippen LogP contribution in [0.1, 0.15) is 36.8 Å². The van der Waals surface area contributed by atoms with E-state index in [1.807, 2.05) is 0 Å². The van der Waals surface area contributed by atoms with Crippen LogP contribution in [0.15, 0.2) is 24.5 Å². The number of H-pyrrole nitrogens is 1. The number of imidazole rings is 1. The first kappa shape index (κ1) is 19.8. The zero-order chi connectivity index (χ0) is 20.4. The van der Waals surface area contributed by atoms with Crippen LogP contribution in [-0.4, -0.2) is 46.6 Å². The van der Waals surface area contributed by atoms with E-state index in [9.17, 15) is 18.4 Å². The van der Waals surface area contributed by atoms with Gasteiger partial charge < -0.3 is 19.9 Å². The number of amides is 2. The molecule has 28 heavy (non-hydrogen) atoms. The van der Waals surface area contributed by atoms with Gasteiger partial charge in [0.05, 0.1) is 19.1 Å². The molecule has 1 aromatic carbocycles. The smallest absolute Gasteiger partial charge is 0.328 e. The van der Waals surface area contributed by atoms with E-state index in [4.69, 9.17) is 4.74 Å². The number of nitrogens with zero attached hydrogens (tertiary/aromatic N) is 2. The van der Waals surface area contributed by atoms with Gasteiger partial charge in [-0.2, -0.15) is 0 Å². The summed E-state index contributed by atoms with van der Waals surface area (Å²) in [6.45, 7) is 3.83. The van der Waals surface area contributed by atoms with Gasteiger partial charge in [-0.3, -0.25) is 0 Å². The number of nitrogens with one attached hydrogen (secondary N) is 2. The van der Waals surface area contributed by atoms with Crippen LogP contribution in [0.25, 0.3) is 0 Å².